The molecule has 32 heavy (non-hydrogen) atoms. The van der Waals surface area contributed by atoms with Crippen LogP contribution in [0.2, 0.25) is 0 Å². The van der Waals surface area contributed by atoms with Crippen molar-refractivity contribution in [3.8, 4) is 11.4 Å². The van der Waals surface area contributed by atoms with E-state index < -0.39 is 10.0 Å². The molecule has 8 heteroatoms. The van der Waals surface area contributed by atoms with E-state index in [2.05, 4.69) is 15.0 Å². The van der Waals surface area contributed by atoms with E-state index in [9.17, 15) is 13.2 Å². The number of carbonyl (C=O) groups is 1. The van der Waals surface area contributed by atoms with Crippen molar-refractivity contribution < 1.29 is 13.2 Å². The number of anilines is 1. The summed E-state index contributed by atoms with van der Waals surface area (Å²) in [6.45, 7) is 3.48. The van der Waals surface area contributed by atoms with Gasteiger partial charge in [-0.15, -0.1) is 0 Å². The molecule has 4 rings (SSSR count). The van der Waals surface area contributed by atoms with E-state index in [4.69, 9.17) is 0 Å². The number of carbonyl (C=O) groups excluding carboxylic acids is 1. The Balaban J connectivity index is 1.53. The molecule has 4 aromatic rings. The van der Waals surface area contributed by atoms with Gasteiger partial charge in [0.05, 0.1) is 15.9 Å². The molecule has 0 atom stereocenters. The normalized spacial score (nSPS) is 11.8. The van der Waals surface area contributed by atoms with Crippen molar-refractivity contribution in [1.82, 2.24) is 14.3 Å². The van der Waals surface area contributed by atoms with Crippen LogP contribution in [-0.2, 0) is 17.1 Å². The number of fused-ring (bicyclic) bond motifs is 1. The monoisotopic (exact) mass is 448 g/mol. The van der Waals surface area contributed by atoms with Gasteiger partial charge in [0.2, 0.25) is 10.0 Å². The second kappa shape index (κ2) is 8.57. The van der Waals surface area contributed by atoms with Gasteiger partial charge in [-0.05, 0) is 68.4 Å². The zero-order chi connectivity index (χ0) is 22.9. The Kier molecular flexibility index (Phi) is 5.82. The van der Waals surface area contributed by atoms with Crippen LogP contribution in [0.1, 0.15) is 24.2 Å². The summed E-state index contributed by atoms with van der Waals surface area (Å²) < 4.78 is 29.3. The van der Waals surface area contributed by atoms with Gasteiger partial charge in [0, 0.05) is 29.9 Å². The van der Waals surface area contributed by atoms with Crippen LogP contribution < -0.4 is 10.0 Å². The highest BCUT2D eigenvalue weighted by Crippen LogP contribution is 2.25. The average Bonchev–Trinajstić information content (AvgIpc) is 3.10. The number of para-hydroxylation sites is 2. The van der Waals surface area contributed by atoms with Crippen LogP contribution in [0.25, 0.3) is 22.4 Å². The maximum absolute atomic E-state index is 12.7. The quantitative estimate of drug-likeness (QED) is 0.463. The molecule has 0 bridgehead atoms. The highest BCUT2D eigenvalue weighted by atomic mass is 32.2. The Morgan fingerprint density at radius 2 is 1.69 bits per heavy atom. The topological polar surface area (TPSA) is 93.1 Å². The largest absolute Gasteiger partial charge is 0.327 e. The molecule has 1 amide bonds. The highest BCUT2D eigenvalue weighted by Gasteiger charge is 2.17. The minimum atomic E-state index is -3.68. The number of aryl methyl sites for hydroxylation is 1. The van der Waals surface area contributed by atoms with Crippen molar-refractivity contribution >= 4 is 32.7 Å². The molecule has 0 aliphatic rings. The van der Waals surface area contributed by atoms with Gasteiger partial charge >= 0.3 is 0 Å². The maximum Gasteiger partial charge on any atom is 0.255 e. The number of amides is 1. The summed E-state index contributed by atoms with van der Waals surface area (Å²) in [5.41, 5.74) is 3.75. The summed E-state index contributed by atoms with van der Waals surface area (Å²) in [6.07, 6.45) is 0. The van der Waals surface area contributed by atoms with Crippen LogP contribution >= 0.6 is 0 Å². The van der Waals surface area contributed by atoms with Gasteiger partial charge in [-0.25, -0.2) is 18.1 Å². The third-order valence-electron chi connectivity index (χ3n) is 4.99. The lowest BCUT2D eigenvalue weighted by Gasteiger charge is -2.11. The van der Waals surface area contributed by atoms with E-state index in [1.807, 2.05) is 48.0 Å². The van der Waals surface area contributed by atoms with Crippen LogP contribution in [0.3, 0.4) is 0 Å². The van der Waals surface area contributed by atoms with Crippen molar-refractivity contribution in [2.75, 3.05) is 5.32 Å². The van der Waals surface area contributed by atoms with Gasteiger partial charge in [0.15, 0.2) is 0 Å². The summed E-state index contributed by atoms with van der Waals surface area (Å²) in [5.74, 6) is 0.446. The number of rotatable bonds is 6. The van der Waals surface area contributed by atoms with E-state index in [0.717, 1.165) is 22.4 Å². The first-order chi connectivity index (χ1) is 15.2. The first-order valence-corrected chi connectivity index (χ1v) is 11.7. The molecule has 0 saturated carbocycles. The van der Waals surface area contributed by atoms with Gasteiger partial charge < -0.3 is 9.88 Å². The molecule has 0 radical (unpaired) electrons. The fourth-order valence-corrected chi connectivity index (χ4v) is 4.79. The van der Waals surface area contributed by atoms with Gasteiger partial charge in [0.25, 0.3) is 5.91 Å². The molecule has 7 nitrogen and oxygen atoms in total. The summed E-state index contributed by atoms with van der Waals surface area (Å²) in [5, 5.41) is 2.82. The SMILES string of the molecule is CC(C)NS(=O)(=O)c1cccc(C(=O)Nc2ccc(-c3nc4ccccc4n3C)cc2)c1. The molecule has 0 saturated heterocycles. The maximum atomic E-state index is 12.7. The Hall–Kier alpha value is -3.49. The molecule has 164 valence electrons. The molecule has 0 unspecified atom stereocenters. The number of aromatic nitrogens is 2. The first kappa shape index (κ1) is 21.7. The summed E-state index contributed by atoms with van der Waals surface area (Å²) in [6, 6.07) is 21.0. The van der Waals surface area contributed by atoms with Crippen molar-refractivity contribution in [3.05, 3.63) is 78.4 Å². The number of hydrogen-bond acceptors (Lipinski definition) is 4. The Labute approximate surface area is 187 Å². The molecule has 1 heterocycles. The van der Waals surface area contributed by atoms with E-state index in [1.165, 1.54) is 12.1 Å². The molecule has 0 fully saturated rings. The van der Waals surface area contributed by atoms with Gasteiger partial charge in [-0.2, -0.15) is 0 Å². The average molecular weight is 449 g/mol. The third kappa shape index (κ3) is 4.42. The lowest BCUT2D eigenvalue weighted by molar-refractivity contribution is 0.102. The Bertz CT molecular complexity index is 1390. The first-order valence-electron chi connectivity index (χ1n) is 10.2. The molecular weight excluding hydrogens is 424 g/mol. The number of imidazole rings is 1. The van der Waals surface area contributed by atoms with Crippen LogP contribution in [0.4, 0.5) is 5.69 Å². The number of nitrogens with one attached hydrogen (secondary N) is 2. The molecule has 2 N–H and O–H groups in total. The summed E-state index contributed by atoms with van der Waals surface area (Å²) in [4.78, 5) is 17.4. The van der Waals surface area contributed by atoms with Gasteiger partial charge in [-0.3, -0.25) is 4.79 Å². The van der Waals surface area contributed by atoms with Crippen molar-refractivity contribution in [3.63, 3.8) is 0 Å². The zero-order valence-electron chi connectivity index (χ0n) is 18.0. The van der Waals surface area contributed by atoms with E-state index >= 15 is 0 Å². The van der Waals surface area contributed by atoms with Crippen molar-refractivity contribution in [2.24, 2.45) is 7.05 Å². The lowest BCUT2D eigenvalue weighted by Crippen LogP contribution is -2.30. The number of nitrogens with zero attached hydrogens (tertiary/aromatic N) is 2. The Morgan fingerprint density at radius 1 is 0.969 bits per heavy atom. The van der Waals surface area contributed by atoms with Crippen LogP contribution in [0.5, 0.6) is 0 Å². The fraction of sp³-hybridized carbons (Fsp3) is 0.167. The van der Waals surface area contributed by atoms with Gasteiger partial charge in [0.1, 0.15) is 5.82 Å². The molecular formula is C24H24N4O3S. The molecule has 0 aliphatic heterocycles. The molecule has 0 aliphatic carbocycles. The molecule has 0 spiro atoms. The minimum absolute atomic E-state index is 0.0519. The fourth-order valence-electron chi connectivity index (χ4n) is 3.49. The number of benzene rings is 3. The summed E-state index contributed by atoms with van der Waals surface area (Å²) >= 11 is 0. The lowest BCUT2D eigenvalue weighted by atomic mass is 10.1. The van der Waals surface area contributed by atoms with Crippen LogP contribution in [0, 0.1) is 0 Å². The number of hydrogen-bond donors (Lipinski definition) is 2. The zero-order valence-corrected chi connectivity index (χ0v) is 18.8. The van der Waals surface area contributed by atoms with Crippen molar-refractivity contribution in [2.45, 2.75) is 24.8 Å². The van der Waals surface area contributed by atoms with Crippen LogP contribution in [-0.4, -0.2) is 29.9 Å². The van der Waals surface area contributed by atoms with E-state index in [0.29, 0.717) is 5.69 Å². The highest BCUT2D eigenvalue weighted by molar-refractivity contribution is 7.89. The minimum Gasteiger partial charge on any atom is -0.327 e. The van der Waals surface area contributed by atoms with E-state index in [1.54, 1.807) is 38.1 Å². The Morgan fingerprint density at radius 3 is 2.38 bits per heavy atom. The smallest absolute Gasteiger partial charge is 0.255 e. The van der Waals surface area contributed by atoms with Crippen LogP contribution in [0.15, 0.2) is 77.7 Å². The van der Waals surface area contributed by atoms with E-state index in [-0.39, 0.29) is 22.4 Å². The predicted octanol–water partition coefficient (Wildman–Crippen LogP) is 4.18. The third-order valence-corrected chi connectivity index (χ3v) is 6.64. The summed E-state index contributed by atoms with van der Waals surface area (Å²) in [7, 11) is -1.71. The number of sulfonamides is 1. The predicted molar refractivity (Wildman–Crippen MR) is 126 cm³/mol. The molecule has 1 aromatic heterocycles. The second-order valence-corrected chi connectivity index (χ2v) is 9.53. The molecule has 3 aromatic carbocycles. The van der Waals surface area contributed by atoms with Crippen molar-refractivity contribution in [1.29, 1.82) is 0 Å². The standard InChI is InChI=1S/C24H24N4O3S/c1-16(2)27-32(30,31)20-8-6-7-18(15-20)24(29)25-19-13-11-17(12-14-19)23-26-21-9-4-5-10-22(21)28(23)3/h4-16,27H,1-3H3,(H,25,29). The van der Waals surface area contributed by atoms with Gasteiger partial charge in [-0.1, -0.05) is 18.2 Å². The second-order valence-electron chi connectivity index (χ2n) is 7.82.